The largest absolute Gasteiger partial charge is 0.484 e. The fraction of sp³-hybridized carbons (Fsp3) is 0.381. The van der Waals surface area contributed by atoms with Gasteiger partial charge in [-0.1, -0.05) is 56.6 Å². The van der Waals surface area contributed by atoms with E-state index in [1.165, 1.54) is 5.56 Å². The van der Waals surface area contributed by atoms with Crippen molar-refractivity contribution in [2.45, 2.75) is 40.2 Å². The zero-order chi connectivity index (χ0) is 18.4. The smallest absolute Gasteiger partial charge is 0.258 e. The fourth-order valence-corrected chi connectivity index (χ4v) is 2.78. The van der Waals surface area contributed by atoms with E-state index in [1.807, 2.05) is 13.0 Å². The average molecular weight is 360 g/mol. The Morgan fingerprint density at radius 3 is 2.40 bits per heavy atom. The van der Waals surface area contributed by atoms with Crippen LogP contribution in [0.25, 0.3) is 0 Å². The van der Waals surface area contributed by atoms with Gasteiger partial charge < -0.3 is 10.1 Å². The van der Waals surface area contributed by atoms with E-state index in [1.54, 1.807) is 12.1 Å². The third-order valence-electron chi connectivity index (χ3n) is 4.23. The van der Waals surface area contributed by atoms with Gasteiger partial charge in [0.2, 0.25) is 0 Å². The van der Waals surface area contributed by atoms with Crippen molar-refractivity contribution in [2.75, 3.05) is 6.61 Å². The number of carbonyl (C=O) groups is 1. The third-order valence-corrected chi connectivity index (χ3v) is 4.65. The highest BCUT2D eigenvalue weighted by Crippen LogP contribution is 2.23. The molecule has 1 amide bonds. The second-order valence-corrected chi connectivity index (χ2v) is 6.99. The van der Waals surface area contributed by atoms with E-state index in [0.717, 1.165) is 17.5 Å². The van der Waals surface area contributed by atoms with Crippen molar-refractivity contribution in [2.24, 2.45) is 5.92 Å². The summed E-state index contributed by atoms with van der Waals surface area (Å²) < 4.78 is 5.59. The van der Waals surface area contributed by atoms with E-state index in [4.69, 9.17) is 16.3 Å². The molecule has 0 spiro atoms. The molecular weight excluding hydrogens is 334 g/mol. The third kappa shape index (κ3) is 5.50. The van der Waals surface area contributed by atoms with Gasteiger partial charge in [0.05, 0.1) is 6.04 Å². The van der Waals surface area contributed by atoms with Crippen LogP contribution in [-0.4, -0.2) is 12.5 Å². The van der Waals surface area contributed by atoms with Crippen LogP contribution < -0.4 is 10.1 Å². The summed E-state index contributed by atoms with van der Waals surface area (Å²) in [5, 5.41) is 3.76. The summed E-state index contributed by atoms with van der Waals surface area (Å²) in [6.07, 6.45) is 1.01. The van der Waals surface area contributed by atoms with Gasteiger partial charge in [-0.25, -0.2) is 0 Å². The summed E-state index contributed by atoms with van der Waals surface area (Å²) in [5.74, 6) is 0.797. The number of halogens is 1. The maximum Gasteiger partial charge on any atom is 0.258 e. The minimum Gasteiger partial charge on any atom is -0.484 e. The van der Waals surface area contributed by atoms with Crippen LogP contribution in [0.5, 0.6) is 5.75 Å². The number of carbonyl (C=O) groups excluding carboxylic acids is 1. The van der Waals surface area contributed by atoms with Crippen molar-refractivity contribution in [1.29, 1.82) is 0 Å². The molecule has 0 aromatic heterocycles. The lowest BCUT2D eigenvalue weighted by molar-refractivity contribution is -0.124. The van der Waals surface area contributed by atoms with Gasteiger partial charge in [-0.2, -0.15) is 0 Å². The highest BCUT2D eigenvalue weighted by Gasteiger charge is 2.18. The van der Waals surface area contributed by atoms with Crippen molar-refractivity contribution in [3.05, 3.63) is 64.2 Å². The number of amides is 1. The molecule has 0 bridgehead atoms. The molecule has 3 nitrogen and oxygen atoms in total. The quantitative estimate of drug-likeness (QED) is 0.746. The van der Waals surface area contributed by atoms with Gasteiger partial charge in [0.15, 0.2) is 6.61 Å². The summed E-state index contributed by atoms with van der Waals surface area (Å²) in [5.41, 5.74) is 3.33. The first-order valence-corrected chi connectivity index (χ1v) is 9.05. The normalized spacial score (nSPS) is 12.1. The standard InChI is InChI=1S/C21H26ClNO2/c1-5-16-6-8-17(9-7-16)21(14(2)3)23-20(24)13-25-18-10-11-19(22)15(4)12-18/h6-12,14,21H,5,13H2,1-4H3,(H,23,24)/t21-/m1/s1. The van der Waals surface area contributed by atoms with Crippen LogP contribution in [0, 0.1) is 12.8 Å². The molecule has 2 aromatic carbocycles. The van der Waals surface area contributed by atoms with Gasteiger partial charge in [-0.05, 0) is 54.2 Å². The molecule has 0 saturated carbocycles. The minimum atomic E-state index is -0.133. The van der Waals surface area contributed by atoms with Crippen molar-refractivity contribution < 1.29 is 9.53 Å². The summed E-state index contributed by atoms with van der Waals surface area (Å²) in [4.78, 5) is 12.3. The van der Waals surface area contributed by atoms with Gasteiger partial charge in [0.1, 0.15) is 5.75 Å². The predicted octanol–water partition coefficient (Wildman–Crippen LogP) is 5.10. The van der Waals surface area contributed by atoms with E-state index >= 15 is 0 Å². The summed E-state index contributed by atoms with van der Waals surface area (Å²) in [6.45, 7) is 8.22. The van der Waals surface area contributed by atoms with E-state index < -0.39 is 0 Å². The Hall–Kier alpha value is -2.00. The van der Waals surface area contributed by atoms with Crippen molar-refractivity contribution >= 4 is 17.5 Å². The van der Waals surface area contributed by atoms with Crippen LogP contribution in [0.15, 0.2) is 42.5 Å². The van der Waals surface area contributed by atoms with Crippen LogP contribution in [0.1, 0.15) is 43.5 Å². The number of benzene rings is 2. The van der Waals surface area contributed by atoms with Gasteiger partial charge in [0, 0.05) is 5.02 Å². The minimum absolute atomic E-state index is 0.0165. The lowest BCUT2D eigenvalue weighted by Crippen LogP contribution is -2.35. The molecule has 0 heterocycles. The molecule has 134 valence electrons. The Balaban J connectivity index is 1.98. The van der Waals surface area contributed by atoms with E-state index in [2.05, 4.69) is 50.4 Å². The molecule has 0 aliphatic carbocycles. The molecule has 1 N–H and O–H groups in total. The second-order valence-electron chi connectivity index (χ2n) is 6.58. The molecule has 1 atom stereocenters. The highest BCUT2D eigenvalue weighted by atomic mass is 35.5. The van der Waals surface area contributed by atoms with Gasteiger partial charge >= 0.3 is 0 Å². The SMILES string of the molecule is CCc1ccc([C@H](NC(=O)COc2ccc(Cl)c(C)c2)C(C)C)cc1. The van der Waals surface area contributed by atoms with Gasteiger partial charge in [-0.15, -0.1) is 0 Å². The van der Waals surface area contributed by atoms with Gasteiger partial charge in [0.25, 0.3) is 5.91 Å². The number of aryl methyl sites for hydroxylation is 2. The van der Waals surface area contributed by atoms with Crippen LogP contribution in [0.4, 0.5) is 0 Å². The highest BCUT2D eigenvalue weighted by molar-refractivity contribution is 6.31. The molecule has 0 fully saturated rings. The number of hydrogen-bond donors (Lipinski definition) is 1. The van der Waals surface area contributed by atoms with Crippen molar-refractivity contribution in [3.63, 3.8) is 0 Å². The Bertz CT molecular complexity index is 710. The number of nitrogens with one attached hydrogen (secondary N) is 1. The first kappa shape index (κ1) is 19.3. The lowest BCUT2D eigenvalue weighted by Gasteiger charge is -2.23. The van der Waals surface area contributed by atoms with Crippen LogP contribution in [0.3, 0.4) is 0 Å². The molecule has 0 aliphatic rings. The Kier molecular flexibility index (Phi) is 6.89. The molecule has 0 saturated heterocycles. The molecular formula is C21H26ClNO2. The molecule has 0 radical (unpaired) electrons. The van der Waals surface area contributed by atoms with E-state index in [9.17, 15) is 4.79 Å². The average Bonchev–Trinajstić information content (AvgIpc) is 2.60. The number of rotatable bonds is 7. The Labute approximate surface area is 155 Å². The molecule has 0 aliphatic heterocycles. The molecule has 2 aromatic rings. The van der Waals surface area contributed by atoms with E-state index in [-0.39, 0.29) is 24.5 Å². The number of hydrogen-bond acceptors (Lipinski definition) is 2. The van der Waals surface area contributed by atoms with Crippen molar-refractivity contribution in [1.82, 2.24) is 5.32 Å². The first-order chi connectivity index (χ1) is 11.9. The van der Waals surface area contributed by atoms with Crippen LogP contribution in [0.2, 0.25) is 5.02 Å². The van der Waals surface area contributed by atoms with Gasteiger partial charge in [-0.3, -0.25) is 4.79 Å². The van der Waals surface area contributed by atoms with Crippen LogP contribution in [-0.2, 0) is 11.2 Å². The monoisotopic (exact) mass is 359 g/mol. The number of ether oxygens (including phenoxy) is 1. The fourth-order valence-electron chi connectivity index (χ4n) is 2.67. The predicted molar refractivity (Wildman–Crippen MR) is 103 cm³/mol. The Morgan fingerprint density at radius 2 is 1.84 bits per heavy atom. The zero-order valence-corrected chi connectivity index (χ0v) is 16.1. The van der Waals surface area contributed by atoms with E-state index in [0.29, 0.717) is 10.8 Å². The molecule has 0 unspecified atom stereocenters. The molecule has 4 heteroatoms. The maximum absolute atomic E-state index is 12.3. The van der Waals surface area contributed by atoms with Crippen molar-refractivity contribution in [3.8, 4) is 5.75 Å². The summed E-state index contributed by atoms with van der Waals surface area (Å²) >= 11 is 6.00. The zero-order valence-electron chi connectivity index (χ0n) is 15.3. The Morgan fingerprint density at radius 1 is 1.16 bits per heavy atom. The molecule has 25 heavy (non-hydrogen) atoms. The summed E-state index contributed by atoms with van der Waals surface area (Å²) in [6, 6.07) is 13.8. The lowest BCUT2D eigenvalue weighted by atomic mass is 9.95. The summed E-state index contributed by atoms with van der Waals surface area (Å²) in [7, 11) is 0. The molecule has 2 rings (SSSR count). The van der Waals surface area contributed by atoms with Crippen LogP contribution >= 0.6 is 11.6 Å². The topological polar surface area (TPSA) is 38.3 Å². The first-order valence-electron chi connectivity index (χ1n) is 8.67. The second kappa shape index (κ2) is 8.91. The maximum atomic E-state index is 12.3.